The Bertz CT molecular complexity index is 561. The Hall–Kier alpha value is -1.59. The molecule has 5 nitrogen and oxygen atoms in total. The van der Waals surface area contributed by atoms with Crippen molar-refractivity contribution >= 4 is 6.09 Å². The highest BCUT2D eigenvalue weighted by atomic mass is 16.6. The molecule has 2 N–H and O–H groups in total. The predicted molar refractivity (Wildman–Crippen MR) is 89.9 cm³/mol. The number of benzene rings is 1. The van der Waals surface area contributed by atoms with E-state index in [9.17, 15) is 4.79 Å². The zero-order valence-corrected chi connectivity index (χ0v) is 14.3. The second-order valence-corrected chi connectivity index (χ2v) is 7.96. The lowest BCUT2D eigenvalue weighted by Crippen LogP contribution is -2.65. The summed E-state index contributed by atoms with van der Waals surface area (Å²) in [6, 6.07) is 10.6. The normalized spacial score (nSPS) is 23.8. The molecule has 1 amide bonds. The number of rotatable bonds is 2. The molecule has 2 heterocycles. The smallest absolute Gasteiger partial charge is 0.410 e. The van der Waals surface area contributed by atoms with E-state index in [1.165, 1.54) is 5.56 Å². The van der Waals surface area contributed by atoms with Gasteiger partial charge in [0.25, 0.3) is 0 Å². The third-order valence-electron chi connectivity index (χ3n) is 4.69. The number of hydrogen-bond donors (Lipinski definition) is 1. The van der Waals surface area contributed by atoms with Crippen molar-refractivity contribution in [1.82, 2.24) is 9.80 Å². The van der Waals surface area contributed by atoms with Gasteiger partial charge in [-0.3, -0.25) is 4.90 Å². The lowest BCUT2D eigenvalue weighted by atomic mass is 9.76. The van der Waals surface area contributed by atoms with E-state index in [1.54, 1.807) is 4.90 Å². The van der Waals surface area contributed by atoms with Crippen LogP contribution in [0.4, 0.5) is 4.79 Å². The van der Waals surface area contributed by atoms with Crippen LogP contribution in [-0.2, 0) is 11.3 Å². The van der Waals surface area contributed by atoms with Gasteiger partial charge in [0, 0.05) is 44.2 Å². The Morgan fingerprint density at radius 2 is 1.91 bits per heavy atom. The van der Waals surface area contributed by atoms with Crippen LogP contribution in [0.1, 0.15) is 26.3 Å². The minimum Gasteiger partial charge on any atom is -0.444 e. The van der Waals surface area contributed by atoms with Crippen LogP contribution in [0.15, 0.2) is 30.3 Å². The first-order valence-corrected chi connectivity index (χ1v) is 8.27. The van der Waals surface area contributed by atoms with Gasteiger partial charge in [-0.25, -0.2) is 4.79 Å². The zero-order valence-electron chi connectivity index (χ0n) is 14.3. The summed E-state index contributed by atoms with van der Waals surface area (Å²) in [7, 11) is 0. The van der Waals surface area contributed by atoms with Crippen LogP contribution in [0, 0.1) is 5.41 Å². The van der Waals surface area contributed by atoms with Crippen molar-refractivity contribution in [1.29, 1.82) is 0 Å². The van der Waals surface area contributed by atoms with Gasteiger partial charge in [0.15, 0.2) is 0 Å². The van der Waals surface area contributed by atoms with E-state index in [4.69, 9.17) is 10.5 Å². The molecular weight excluding hydrogens is 290 g/mol. The Morgan fingerprint density at radius 3 is 2.52 bits per heavy atom. The van der Waals surface area contributed by atoms with Gasteiger partial charge in [-0.15, -0.1) is 0 Å². The largest absolute Gasteiger partial charge is 0.444 e. The fourth-order valence-electron chi connectivity index (χ4n) is 3.57. The van der Waals surface area contributed by atoms with Crippen molar-refractivity contribution in [3.63, 3.8) is 0 Å². The van der Waals surface area contributed by atoms with E-state index in [0.717, 1.165) is 19.6 Å². The molecule has 0 aliphatic carbocycles. The van der Waals surface area contributed by atoms with Crippen molar-refractivity contribution in [2.45, 2.75) is 39.0 Å². The summed E-state index contributed by atoms with van der Waals surface area (Å²) in [6.07, 6.45) is -0.225. The Kier molecular flexibility index (Phi) is 4.10. The molecular formula is C18H27N3O2. The molecule has 0 aromatic heterocycles. The molecule has 1 aromatic rings. The summed E-state index contributed by atoms with van der Waals surface area (Å²) >= 11 is 0. The minimum absolute atomic E-state index is 0.0334. The summed E-state index contributed by atoms with van der Waals surface area (Å²) < 4.78 is 5.43. The third-order valence-corrected chi connectivity index (χ3v) is 4.69. The first-order chi connectivity index (χ1) is 10.8. The molecule has 1 spiro atoms. The second-order valence-electron chi connectivity index (χ2n) is 7.96. The second kappa shape index (κ2) is 5.80. The fourth-order valence-corrected chi connectivity index (χ4v) is 3.57. The van der Waals surface area contributed by atoms with Crippen LogP contribution in [-0.4, -0.2) is 53.7 Å². The molecule has 2 saturated heterocycles. The molecule has 1 atom stereocenters. The topological polar surface area (TPSA) is 58.8 Å². The van der Waals surface area contributed by atoms with Crippen molar-refractivity contribution in [2.24, 2.45) is 11.1 Å². The summed E-state index contributed by atoms with van der Waals surface area (Å²) in [5.74, 6) is 0. The monoisotopic (exact) mass is 317 g/mol. The standard InChI is InChI=1S/C18H27N3O2/c1-17(2,3)23-16(22)21-12-18(13-21)11-20(10-15(18)19)9-14-7-5-4-6-8-14/h4-8,15H,9-13,19H2,1-3H3/t15-/m1/s1. The number of likely N-dealkylation sites (tertiary alicyclic amines) is 2. The van der Waals surface area contributed by atoms with Gasteiger partial charge in [0.1, 0.15) is 5.60 Å². The van der Waals surface area contributed by atoms with E-state index in [2.05, 4.69) is 29.2 Å². The molecule has 0 bridgehead atoms. The molecule has 126 valence electrons. The molecule has 23 heavy (non-hydrogen) atoms. The number of nitrogens with zero attached hydrogens (tertiary/aromatic N) is 2. The molecule has 0 radical (unpaired) electrons. The lowest BCUT2D eigenvalue weighted by molar-refractivity contribution is -0.0350. The highest BCUT2D eigenvalue weighted by molar-refractivity contribution is 5.69. The SMILES string of the molecule is CC(C)(C)OC(=O)N1CC2(CN(Cc3ccccc3)C[C@H]2N)C1. The van der Waals surface area contributed by atoms with Crippen LogP contribution in [0.25, 0.3) is 0 Å². The van der Waals surface area contributed by atoms with Crippen molar-refractivity contribution < 1.29 is 9.53 Å². The maximum absolute atomic E-state index is 12.1. The maximum atomic E-state index is 12.1. The van der Waals surface area contributed by atoms with E-state index in [1.807, 2.05) is 26.8 Å². The lowest BCUT2D eigenvalue weighted by Gasteiger charge is -2.49. The molecule has 0 saturated carbocycles. The number of amides is 1. The van der Waals surface area contributed by atoms with Crippen LogP contribution < -0.4 is 5.73 Å². The maximum Gasteiger partial charge on any atom is 0.410 e. The number of hydrogen-bond acceptors (Lipinski definition) is 4. The molecule has 3 rings (SSSR count). The van der Waals surface area contributed by atoms with Gasteiger partial charge in [-0.1, -0.05) is 30.3 Å². The summed E-state index contributed by atoms with van der Waals surface area (Å²) in [4.78, 5) is 16.3. The fraction of sp³-hybridized carbons (Fsp3) is 0.611. The van der Waals surface area contributed by atoms with Gasteiger partial charge in [-0.2, -0.15) is 0 Å². The Labute approximate surface area is 138 Å². The van der Waals surface area contributed by atoms with Gasteiger partial charge < -0.3 is 15.4 Å². The summed E-state index contributed by atoms with van der Waals surface area (Å²) in [6.45, 7) is 9.83. The Balaban J connectivity index is 1.55. The van der Waals surface area contributed by atoms with Crippen molar-refractivity contribution in [2.75, 3.05) is 26.2 Å². The van der Waals surface area contributed by atoms with Crippen LogP contribution >= 0.6 is 0 Å². The van der Waals surface area contributed by atoms with E-state index in [-0.39, 0.29) is 17.6 Å². The highest BCUT2D eigenvalue weighted by Crippen LogP contribution is 2.39. The number of carbonyl (C=O) groups is 1. The van der Waals surface area contributed by atoms with Crippen LogP contribution in [0.5, 0.6) is 0 Å². The van der Waals surface area contributed by atoms with Crippen molar-refractivity contribution in [3.05, 3.63) is 35.9 Å². The van der Waals surface area contributed by atoms with E-state index in [0.29, 0.717) is 13.1 Å². The first-order valence-electron chi connectivity index (χ1n) is 8.27. The molecule has 2 fully saturated rings. The zero-order chi connectivity index (χ0) is 16.7. The van der Waals surface area contributed by atoms with Gasteiger partial charge >= 0.3 is 6.09 Å². The van der Waals surface area contributed by atoms with Crippen LogP contribution in [0.2, 0.25) is 0 Å². The molecule has 2 aliphatic rings. The summed E-state index contributed by atoms with van der Waals surface area (Å²) in [5.41, 5.74) is 7.28. The number of ether oxygens (including phenoxy) is 1. The van der Waals surface area contributed by atoms with Gasteiger partial charge in [-0.05, 0) is 26.3 Å². The van der Waals surface area contributed by atoms with Gasteiger partial charge in [0.05, 0.1) is 0 Å². The molecule has 2 aliphatic heterocycles. The molecule has 5 heteroatoms. The molecule has 1 aromatic carbocycles. The molecule has 0 unspecified atom stereocenters. The van der Waals surface area contributed by atoms with Crippen molar-refractivity contribution in [3.8, 4) is 0 Å². The van der Waals surface area contributed by atoms with E-state index < -0.39 is 5.60 Å². The predicted octanol–water partition coefficient (Wildman–Crippen LogP) is 2.07. The van der Waals surface area contributed by atoms with E-state index >= 15 is 0 Å². The first kappa shape index (κ1) is 16.3. The number of carbonyl (C=O) groups excluding carboxylic acids is 1. The highest BCUT2D eigenvalue weighted by Gasteiger charge is 2.54. The third kappa shape index (κ3) is 3.51. The van der Waals surface area contributed by atoms with Gasteiger partial charge in [0.2, 0.25) is 0 Å². The average molecular weight is 317 g/mol. The van der Waals surface area contributed by atoms with Crippen LogP contribution in [0.3, 0.4) is 0 Å². The number of nitrogens with two attached hydrogens (primary N) is 1. The Morgan fingerprint density at radius 1 is 1.26 bits per heavy atom. The average Bonchev–Trinajstić information content (AvgIpc) is 2.72. The summed E-state index contributed by atoms with van der Waals surface area (Å²) in [5, 5.41) is 0. The minimum atomic E-state index is -0.447. The quantitative estimate of drug-likeness (QED) is 0.907.